The van der Waals surface area contributed by atoms with Crippen molar-refractivity contribution < 1.29 is 34.2 Å². The van der Waals surface area contributed by atoms with Gasteiger partial charge in [-0.2, -0.15) is 20.5 Å². The van der Waals surface area contributed by atoms with E-state index in [1.165, 1.54) is 94.5 Å². The molecular formula is C43H60N6O8. The number of hydrogen-bond donors (Lipinski definition) is 2. The summed E-state index contributed by atoms with van der Waals surface area (Å²) in [7, 11) is 0. The summed E-state index contributed by atoms with van der Waals surface area (Å²) in [5.41, 5.74) is 3.68. The molecule has 0 heterocycles. The second-order valence-electron chi connectivity index (χ2n) is 14.3. The molecule has 1 unspecified atom stereocenters. The number of nitro benzene ring substituents is 1. The molecule has 14 heteroatoms. The summed E-state index contributed by atoms with van der Waals surface area (Å²) in [4.78, 5) is 37.2. The summed E-state index contributed by atoms with van der Waals surface area (Å²) in [6.45, 7) is 12.3. The van der Waals surface area contributed by atoms with E-state index in [9.17, 15) is 29.9 Å². The molecule has 0 aliphatic heterocycles. The topological polar surface area (TPSA) is 189 Å². The minimum Gasteiger partial charge on any atom is -0.447 e. The van der Waals surface area contributed by atoms with E-state index in [1.807, 2.05) is 26.0 Å². The third-order valence-electron chi connectivity index (χ3n) is 9.52. The van der Waals surface area contributed by atoms with Crippen molar-refractivity contribution in [1.29, 1.82) is 0 Å². The molecule has 0 aliphatic rings. The van der Waals surface area contributed by atoms with Crippen LogP contribution in [-0.2, 0) is 25.5 Å². The second kappa shape index (κ2) is 23.9. The van der Waals surface area contributed by atoms with Gasteiger partial charge in [0.25, 0.3) is 5.69 Å². The summed E-state index contributed by atoms with van der Waals surface area (Å²) >= 11 is 0. The molecule has 0 fully saturated rings. The first-order valence-corrected chi connectivity index (χ1v) is 20.2. The average Bonchev–Trinajstić information content (AvgIpc) is 3.17. The third kappa shape index (κ3) is 15.4. The van der Waals surface area contributed by atoms with Crippen LogP contribution >= 0.6 is 0 Å². The van der Waals surface area contributed by atoms with E-state index in [0.717, 1.165) is 51.0 Å². The molecule has 3 rings (SSSR count). The number of aliphatic hydroxyl groups is 2. The van der Waals surface area contributed by atoms with Crippen LogP contribution in [0.15, 0.2) is 75.1 Å². The van der Waals surface area contributed by atoms with Gasteiger partial charge in [0.15, 0.2) is 0 Å². The van der Waals surface area contributed by atoms with Gasteiger partial charge in [0.2, 0.25) is 6.10 Å². The Hall–Kier alpha value is -5.08. The third-order valence-corrected chi connectivity index (χ3v) is 9.52. The van der Waals surface area contributed by atoms with Crippen molar-refractivity contribution in [3.63, 3.8) is 0 Å². The number of ether oxygens (including phenoxy) is 2. The van der Waals surface area contributed by atoms with Crippen molar-refractivity contribution in [1.82, 2.24) is 0 Å². The predicted molar refractivity (Wildman–Crippen MR) is 221 cm³/mol. The Balaban J connectivity index is 2.03. The van der Waals surface area contributed by atoms with Gasteiger partial charge in [-0.15, -0.1) is 0 Å². The maximum absolute atomic E-state index is 12.3. The summed E-state index contributed by atoms with van der Waals surface area (Å²) < 4.78 is 10.1. The number of hydrogen-bond acceptors (Lipinski definition) is 13. The minimum absolute atomic E-state index is 0.0756. The Kier molecular flexibility index (Phi) is 19.4. The zero-order valence-electron chi connectivity index (χ0n) is 34.4. The molecule has 0 saturated heterocycles. The Morgan fingerprint density at radius 1 is 0.737 bits per heavy atom. The van der Waals surface area contributed by atoms with E-state index in [2.05, 4.69) is 45.3 Å². The number of nitrogens with zero attached hydrogens (tertiary/aromatic N) is 6. The lowest BCUT2D eigenvalue weighted by molar-refractivity contribution is -0.384. The molecule has 1 atom stereocenters. The first kappa shape index (κ1) is 46.3. The van der Waals surface area contributed by atoms with Gasteiger partial charge in [0.1, 0.15) is 0 Å². The summed E-state index contributed by atoms with van der Waals surface area (Å²) in [5, 5.41) is 50.6. The number of benzene rings is 3. The number of non-ortho nitro benzene ring substituents is 1. The van der Waals surface area contributed by atoms with E-state index in [4.69, 9.17) is 9.47 Å². The lowest BCUT2D eigenvalue weighted by atomic mass is 9.99. The van der Waals surface area contributed by atoms with Crippen molar-refractivity contribution in [2.24, 2.45) is 20.5 Å². The molecule has 0 radical (unpaired) electrons. The van der Waals surface area contributed by atoms with Crippen molar-refractivity contribution in [3.8, 4) is 0 Å². The van der Waals surface area contributed by atoms with Gasteiger partial charge in [-0.1, -0.05) is 85.0 Å². The molecule has 0 aliphatic carbocycles. The zero-order valence-corrected chi connectivity index (χ0v) is 34.4. The number of unbranched alkanes of at least 4 members (excludes halogenated alkanes) is 10. The van der Waals surface area contributed by atoms with E-state index in [0.29, 0.717) is 23.4 Å². The molecule has 0 amide bonds. The van der Waals surface area contributed by atoms with Gasteiger partial charge >= 0.3 is 17.9 Å². The molecule has 0 saturated carbocycles. The molecule has 57 heavy (non-hydrogen) atoms. The monoisotopic (exact) mass is 788 g/mol. The largest absolute Gasteiger partial charge is 0.447 e. The van der Waals surface area contributed by atoms with Crippen molar-refractivity contribution >= 4 is 46.1 Å². The highest BCUT2D eigenvalue weighted by atomic mass is 16.8. The summed E-state index contributed by atoms with van der Waals surface area (Å²) in [6.07, 6.45) is 13.1. The number of anilines is 1. The van der Waals surface area contributed by atoms with E-state index < -0.39 is 28.9 Å². The van der Waals surface area contributed by atoms with Crippen molar-refractivity contribution in [3.05, 3.63) is 81.4 Å². The smallest absolute Gasteiger partial charge is 0.368 e. The number of rotatable bonds is 25. The van der Waals surface area contributed by atoms with Gasteiger partial charge < -0.3 is 24.6 Å². The molecule has 0 spiro atoms. The van der Waals surface area contributed by atoms with Gasteiger partial charge in [-0.25, -0.2) is 0 Å². The maximum Gasteiger partial charge on any atom is 0.368 e. The van der Waals surface area contributed by atoms with Gasteiger partial charge in [-0.05, 0) is 79.8 Å². The van der Waals surface area contributed by atoms with Crippen LogP contribution in [0.5, 0.6) is 0 Å². The number of esters is 2. The molecule has 3 aromatic rings. The van der Waals surface area contributed by atoms with Gasteiger partial charge in [-0.3, -0.25) is 19.7 Å². The first-order chi connectivity index (χ1) is 27.3. The molecule has 14 nitrogen and oxygen atoms in total. The zero-order chi connectivity index (χ0) is 41.8. The van der Waals surface area contributed by atoms with E-state index in [-0.39, 0.29) is 22.6 Å². The fourth-order valence-electron chi connectivity index (χ4n) is 6.43. The summed E-state index contributed by atoms with van der Waals surface area (Å²) in [6, 6.07) is 14.5. The van der Waals surface area contributed by atoms with Gasteiger partial charge in [0, 0.05) is 50.3 Å². The fraction of sp³-hybridized carbons (Fsp3) is 0.535. The van der Waals surface area contributed by atoms with Crippen LogP contribution in [-0.4, -0.2) is 46.1 Å². The first-order valence-electron chi connectivity index (χ1n) is 20.2. The standard InChI is InChI=1S/C43H60N6O8/c1-7-10-12-14-16-18-26-48(27-19-17-15-13-11-8-2)37-24-25-39(31(4)28-37)45-47-41-29-34(9-3)40(46-44-35-20-22-36(23-21-35)49(54)55)30-38(41)42(56-32(5)50)43(52,53)57-33(6)51/h20-25,28-30,42,52-53H,7-19,26-27H2,1-6H3. The quantitative estimate of drug-likeness (QED) is 0.0210. The highest BCUT2D eigenvalue weighted by Crippen LogP contribution is 2.41. The molecule has 0 bridgehead atoms. The van der Waals surface area contributed by atoms with Gasteiger partial charge in [0.05, 0.1) is 27.7 Å². The average molecular weight is 789 g/mol. The fourth-order valence-corrected chi connectivity index (χ4v) is 6.43. The number of aryl methyl sites for hydroxylation is 2. The lowest BCUT2D eigenvalue weighted by Gasteiger charge is -2.30. The Morgan fingerprint density at radius 2 is 1.30 bits per heavy atom. The van der Waals surface area contributed by atoms with Crippen LogP contribution in [0.2, 0.25) is 0 Å². The number of azo groups is 2. The van der Waals surface area contributed by atoms with Crippen molar-refractivity contribution in [2.75, 3.05) is 18.0 Å². The van der Waals surface area contributed by atoms with Crippen LogP contribution in [0.3, 0.4) is 0 Å². The normalized spacial score (nSPS) is 12.3. The lowest BCUT2D eigenvalue weighted by Crippen LogP contribution is -2.42. The number of carbonyl (C=O) groups is 2. The number of carbonyl (C=O) groups excluding carboxylic acids is 2. The highest BCUT2D eigenvalue weighted by molar-refractivity contribution is 5.69. The number of nitro groups is 1. The Bertz CT molecular complexity index is 1800. The van der Waals surface area contributed by atoms with Crippen LogP contribution in [0.25, 0.3) is 0 Å². The Morgan fingerprint density at radius 3 is 1.82 bits per heavy atom. The van der Waals surface area contributed by atoms with Crippen LogP contribution in [0, 0.1) is 17.0 Å². The molecule has 310 valence electrons. The molecule has 2 N–H and O–H groups in total. The van der Waals surface area contributed by atoms with E-state index in [1.54, 1.807) is 6.07 Å². The van der Waals surface area contributed by atoms with Crippen molar-refractivity contribution in [2.45, 2.75) is 137 Å². The SMILES string of the molecule is CCCCCCCCN(CCCCCCCC)c1ccc(N=Nc2cc(CC)c(N=Nc3ccc([N+](=O)[O-])cc3)cc2C(OC(C)=O)C(O)(O)OC(C)=O)c(C)c1. The minimum atomic E-state index is -3.30. The predicted octanol–water partition coefficient (Wildman–Crippen LogP) is 11.6. The van der Waals surface area contributed by atoms with Crippen LogP contribution < -0.4 is 4.90 Å². The van der Waals surface area contributed by atoms with Crippen LogP contribution in [0.1, 0.15) is 134 Å². The summed E-state index contributed by atoms with van der Waals surface area (Å²) in [5.74, 6) is -5.23. The molecule has 3 aromatic carbocycles. The Labute approximate surface area is 336 Å². The maximum atomic E-state index is 12.3. The van der Waals surface area contributed by atoms with Crippen LogP contribution in [0.4, 0.5) is 34.1 Å². The molecular weight excluding hydrogens is 729 g/mol. The second-order valence-corrected chi connectivity index (χ2v) is 14.3. The highest BCUT2D eigenvalue weighted by Gasteiger charge is 2.44. The van der Waals surface area contributed by atoms with E-state index >= 15 is 0 Å². The molecule has 0 aromatic heterocycles.